The van der Waals surface area contributed by atoms with E-state index in [1.54, 1.807) is 0 Å². The molecule has 0 radical (unpaired) electrons. The Morgan fingerprint density at radius 1 is 0.833 bits per heavy atom. The van der Waals surface area contributed by atoms with E-state index in [1.807, 2.05) is 0 Å². The molecule has 2 aliphatic rings. The number of halogens is 3. The third kappa shape index (κ3) is 4.64. The predicted molar refractivity (Wildman–Crippen MR) is 114 cm³/mol. The molecule has 4 rings (SSSR count). The minimum Gasteiger partial charge on any atom is -0.207 e. The van der Waals surface area contributed by atoms with Crippen molar-refractivity contribution in [3.05, 3.63) is 82.7 Å². The fourth-order valence-corrected chi connectivity index (χ4v) is 5.29. The van der Waals surface area contributed by atoms with Gasteiger partial charge >= 0.3 is 0 Å². The van der Waals surface area contributed by atoms with Crippen LogP contribution in [0.1, 0.15) is 68.1 Å². The second-order valence-corrected chi connectivity index (χ2v) is 8.75. The Morgan fingerprint density at radius 3 is 2.20 bits per heavy atom. The van der Waals surface area contributed by atoms with Gasteiger partial charge in [-0.15, -0.1) is 0 Å². The molecule has 0 bridgehead atoms. The molecule has 0 aromatic heterocycles. The molecule has 2 fully saturated rings. The van der Waals surface area contributed by atoms with Crippen molar-refractivity contribution in [3.63, 3.8) is 0 Å². The Hall–Kier alpha value is -2.47. The van der Waals surface area contributed by atoms with E-state index in [0.717, 1.165) is 30.7 Å². The molecule has 0 saturated heterocycles. The molecular weight excluding hydrogens is 381 g/mol. The Labute approximate surface area is 177 Å². The van der Waals surface area contributed by atoms with Gasteiger partial charge in [0.25, 0.3) is 0 Å². The topological polar surface area (TPSA) is 0 Å². The lowest BCUT2D eigenvalue weighted by molar-refractivity contribution is 0.133. The van der Waals surface area contributed by atoms with E-state index < -0.39 is 11.6 Å². The summed E-state index contributed by atoms with van der Waals surface area (Å²) in [5, 5.41) is 0. The highest BCUT2D eigenvalue weighted by Crippen LogP contribution is 2.48. The second-order valence-electron chi connectivity index (χ2n) is 8.75. The highest BCUT2D eigenvalue weighted by Gasteiger charge is 2.35. The van der Waals surface area contributed by atoms with Gasteiger partial charge in [0, 0.05) is 5.56 Å². The molecule has 0 N–H and O–H groups in total. The van der Waals surface area contributed by atoms with E-state index >= 15 is 0 Å². The molecular formula is C27H27F3. The first kappa shape index (κ1) is 20.8. The van der Waals surface area contributed by atoms with Crippen molar-refractivity contribution >= 4 is 0 Å². The SMILES string of the molecule is C/C=C/C1CCC2CC(c3cc(F)c(C#Cc4ccc(F)cc4)c(F)c3)CCC2C1. The summed E-state index contributed by atoms with van der Waals surface area (Å²) in [6, 6.07) is 8.48. The summed E-state index contributed by atoms with van der Waals surface area (Å²) >= 11 is 0. The summed E-state index contributed by atoms with van der Waals surface area (Å²) in [6.45, 7) is 2.08. The van der Waals surface area contributed by atoms with Crippen LogP contribution in [0.3, 0.4) is 0 Å². The van der Waals surface area contributed by atoms with Crippen LogP contribution in [0.2, 0.25) is 0 Å². The van der Waals surface area contributed by atoms with Crippen LogP contribution in [-0.2, 0) is 0 Å². The lowest BCUT2D eigenvalue weighted by Gasteiger charge is -2.41. The van der Waals surface area contributed by atoms with Gasteiger partial charge in [0.2, 0.25) is 0 Å². The Balaban J connectivity index is 1.48. The molecule has 0 heterocycles. The van der Waals surface area contributed by atoms with E-state index in [4.69, 9.17) is 0 Å². The van der Waals surface area contributed by atoms with Crippen LogP contribution in [0.4, 0.5) is 13.2 Å². The maximum atomic E-state index is 14.7. The van der Waals surface area contributed by atoms with Crippen molar-refractivity contribution in [2.45, 2.75) is 51.4 Å². The third-order valence-electron chi connectivity index (χ3n) is 6.83. The van der Waals surface area contributed by atoms with Crippen molar-refractivity contribution in [2.75, 3.05) is 0 Å². The van der Waals surface area contributed by atoms with Gasteiger partial charge in [-0.25, -0.2) is 13.2 Å². The molecule has 3 heteroatoms. The number of hydrogen-bond donors (Lipinski definition) is 0. The molecule has 2 saturated carbocycles. The van der Waals surface area contributed by atoms with Crippen LogP contribution in [0.15, 0.2) is 48.6 Å². The molecule has 0 amide bonds. The summed E-state index contributed by atoms with van der Waals surface area (Å²) in [4.78, 5) is 0. The van der Waals surface area contributed by atoms with Gasteiger partial charge < -0.3 is 0 Å². The van der Waals surface area contributed by atoms with E-state index in [1.165, 1.54) is 55.7 Å². The van der Waals surface area contributed by atoms with E-state index in [0.29, 0.717) is 17.4 Å². The number of benzene rings is 2. The summed E-state index contributed by atoms with van der Waals surface area (Å²) in [5.74, 6) is 6.02. The lowest BCUT2D eigenvalue weighted by Crippen LogP contribution is -2.30. The smallest absolute Gasteiger partial charge is 0.142 e. The quantitative estimate of drug-likeness (QED) is 0.359. The molecule has 4 atom stereocenters. The van der Waals surface area contributed by atoms with Gasteiger partial charge in [0.05, 0.1) is 5.56 Å². The summed E-state index contributed by atoms with van der Waals surface area (Å²) < 4.78 is 42.4. The van der Waals surface area contributed by atoms with Gasteiger partial charge in [-0.2, -0.15) is 0 Å². The van der Waals surface area contributed by atoms with Crippen molar-refractivity contribution in [1.82, 2.24) is 0 Å². The van der Waals surface area contributed by atoms with Crippen molar-refractivity contribution in [1.29, 1.82) is 0 Å². The van der Waals surface area contributed by atoms with Gasteiger partial charge in [-0.05, 0) is 111 Å². The normalized spacial score (nSPS) is 26.1. The second kappa shape index (κ2) is 9.13. The fourth-order valence-electron chi connectivity index (χ4n) is 5.29. The molecule has 2 aromatic rings. The Morgan fingerprint density at radius 2 is 1.50 bits per heavy atom. The number of rotatable bonds is 2. The van der Waals surface area contributed by atoms with Crippen LogP contribution in [0, 0.1) is 47.0 Å². The molecule has 0 spiro atoms. The van der Waals surface area contributed by atoms with Crippen LogP contribution in [0.25, 0.3) is 0 Å². The zero-order valence-electron chi connectivity index (χ0n) is 17.3. The van der Waals surface area contributed by atoms with Crippen molar-refractivity contribution in [2.24, 2.45) is 17.8 Å². The van der Waals surface area contributed by atoms with Gasteiger partial charge in [0.15, 0.2) is 0 Å². The van der Waals surface area contributed by atoms with Gasteiger partial charge in [0.1, 0.15) is 17.5 Å². The van der Waals surface area contributed by atoms with Crippen LogP contribution in [0.5, 0.6) is 0 Å². The van der Waals surface area contributed by atoms with E-state index in [-0.39, 0.29) is 17.3 Å². The minimum absolute atomic E-state index is 0.215. The molecule has 156 valence electrons. The maximum absolute atomic E-state index is 14.7. The molecule has 30 heavy (non-hydrogen) atoms. The van der Waals surface area contributed by atoms with Gasteiger partial charge in [-0.3, -0.25) is 0 Å². The van der Waals surface area contributed by atoms with E-state index in [9.17, 15) is 13.2 Å². The average Bonchev–Trinajstić information content (AvgIpc) is 2.74. The fraction of sp³-hybridized carbons (Fsp3) is 0.407. The van der Waals surface area contributed by atoms with Crippen molar-refractivity contribution < 1.29 is 13.2 Å². The maximum Gasteiger partial charge on any atom is 0.142 e. The molecule has 4 unspecified atom stereocenters. The van der Waals surface area contributed by atoms with Crippen LogP contribution >= 0.6 is 0 Å². The lowest BCUT2D eigenvalue weighted by atomic mass is 9.64. The largest absolute Gasteiger partial charge is 0.207 e. The third-order valence-corrected chi connectivity index (χ3v) is 6.83. The summed E-state index contributed by atoms with van der Waals surface area (Å²) in [5.41, 5.74) is 1.06. The first-order chi connectivity index (χ1) is 14.5. The monoisotopic (exact) mass is 408 g/mol. The summed E-state index contributed by atoms with van der Waals surface area (Å²) in [7, 11) is 0. The van der Waals surface area contributed by atoms with Crippen molar-refractivity contribution in [3.8, 4) is 11.8 Å². The zero-order valence-corrected chi connectivity index (χ0v) is 17.3. The number of hydrogen-bond acceptors (Lipinski definition) is 0. The highest BCUT2D eigenvalue weighted by molar-refractivity contribution is 5.45. The summed E-state index contributed by atoms with van der Waals surface area (Å²) in [6.07, 6.45) is 11.3. The average molecular weight is 409 g/mol. The predicted octanol–water partition coefficient (Wildman–Crippen LogP) is 7.38. The number of fused-ring (bicyclic) bond motifs is 1. The first-order valence-electron chi connectivity index (χ1n) is 10.9. The standard InChI is InChI=1S/C27H27F3/c1-2-3-19-4-8-21-15-22(10-9-20(21)14-19)23-16-26(29)25(27(30)17-23)13-7-18-5-11-24(28)12-6-18/h2-3,5-6,11-12,16-17,19-22H,4,8-10,14-15H2,1H3/b3-2+. The van der Waals surface area contributed by atoms with E-state index in [2.05, 4.69) is 30.9 Å². The molecule has 2 aromatic carbocycles. The molecule has 0 aliphatic heterocycles. The number of allylic oxidation sites excluding steroid dienone is 2. The van der Waals surface area contributed by atoms with Gasteiger partial charge in [-0.1, -0.05) is 24.0 Å². The molecule has 0 nitrogen and oxygen atoms in total. The van der Waals surface area contributed by atoms with Crippen LogP contribution in [-0.4, -0.2) is 0 Å². The zero-order chi connectivity index (χ0) is 21.1. The minimum atomic E-state index is -0.612. The Kier molecular flexibility index (Phi) is 6.32. The Bertz CT molecular complexity index is 954. The molecule has 2 aliphatic carbocycles. The highest BCUT2D eigenvalue weighted by atomic mass is 19.1. The first-order valence-corrected chi connectivity index (χ1v) is 10.9. The van der Waals surface area contributed by atoms with Crippen LogP contribution < -0.4 is 0 Å².